The highest BCUT2D eigenvalue weighted by molar-refractivity contribution is 7.99. The van der Waals surface area contributed by atoms with Crippen LogP contribution >= 0.6 is 35.0 Å². The largest absolute Gasteiger partial charge is 0.331 e. The van der Waals surface area contributed by atoms with Crippen molar-refractivity contribution in [3.8, 4) is 11.8 Å². The van der Waals surface area contributed by atoms with Crippen LogP contribution in [0.5, 0.6) is 0 Å². The van der Waals surface area contributed by atoms with Gasteiger partial charge in [-0.3, -0.25) is 9.36 Å². The third kappa shape index (κ3) is 5.57. The molecule has 0 saturated heterocycles. The lowest BCUT2D eigenvalue weighted by Crippen LogP contribution is -3.05. The number of halogens is 2. The van der Waals surface area contributed by atoms with Gasteiger partial charge < -0.3 is 10.2 Å². The quantitative estimate of drug-likeness (QED) is 0.511. The van der Waals surface area contributed by atoms with E-state index >= 15 is 0 Å². The van der Waals surface area contributed by atoms with Gasteiger partial charge in [0.15, 0.2) is 11.0 Å². The molecule has 0 aliphatic heterocycles. The highest BCUT2D eigenvalue weighted by atomic mass is 35.5. The highest BCUT2D eigenvalue weighted by Crippen LogP contribution is 2.26. The third-order valence-electron chi connectivity index (χ3n) is 4.71. The second kappa shape index (κ2) is 10.2. The second-order valence-electron chi connectivity index (χ2n) is 7.09. The molecular weight excluding hydrogens is 455 g/mol. The number of nitriles is 1. The minimum absolute atomic E-state index is 0.0796. The maximum atomic E-state index is 12.5. The van der Waals surface area contributed by atoms with Gasteiger partial charge in [0, 0.05) is 15.7 Å². The van der Waals surface area contributed by atoms with Crippen molar-refractivity contribution >= 4 is 46.6 Å². The molecule has 3 rings (SSSR count). The topological polar surface area (TPSA) is 88.0 Å². The van der Waals surface area contributed by atoms with Crippen LogP contribution in [0, 0.1) is 11.3 Å². The molecular formula is C21H21Cl2N6OS+. The minimum atomic E-state index is -0.276. The van der Waals surface area contributed by atoms with Gasteiger partial charge in [-0.05, 0) is 49.4 Å². The number of rotatable bonds is 7. The lowest BCUT2D eigenvalue weighted by Gasteiger charge is -2.18. The Bertz CT molecular complexity index is 1120. The number of anilines is 1. The van der Waals surface area contributed by atoms with Crippen LogP contribution in [0.1, 0.15) is 24.4 Å². The van der Waals surface area contributed by atoms with Gasteiger partial charge in [-0.25, -0.2) is 0 Å². The first-order valence-electron chi connectivity index (χ1n) is 9.43. The van der Waals surface area contributed by atoms with Crippen molar-refractivity contribution in [3.05, 3.63) is 63.9 Å². The van der Waals surface area contributed by atoms with Crippen molar-refractivity contribution in [2.75, 3.05) is 25.2 Å². The maximum absolute atomic E-state index is 12.5. The Kier molecular flexibility index (Phi) is 7.57. The fourth-order valence-electron chi connectivity index (χ4n) is 2.78. The Morgan fingerprint density at radius 3 is 2.52 bits per heavy atom. The van der Waals surface area contributed by atoms with Crippen molar-refractivity contribution < 1.29 is 9.69 Å². The molecule has 0 spiro atoms. The summed E-state index contributed by atoms with van der Waals surface area (Å²) in [5.41, 5.74) is 1.59. The third-order valence-corrected chi connectivity index (χ3v) is 6.12. The standard InChI is InChI=1S/C21H20Cl2N6OS/c1-13(28(2)3)20-26-27-21(29(20)17-8-6-15(22)7-9-17)31-12-19(30)25-18-10-16(23)5-4-14(18)11-24/h4-10,13H,12H2,1-3H3,(H,25,30)/p+1/t13-/m0/s1. The van der Waals surface area contributed by atoms with Gasteiger partial charge in [0.1, 0.15) is 12.1 Å². The summed E-state index contributed by atoms with van der Waals surface area (Å²) in [6.07, 6.45) is 0. The van der Waals surface area contributed by atoms with Crippen LogP contribution in [-0.4, -0.2) is 40.5 Å². The summed E-state index contributed by atoms with van der Waals surface area (Å²) in [6.45, 7) is 2.06. The van der Waals surface area contributed by atoms with Crippen LogP contribution in [0.25, 0.3) is 5.69 Å². The molecule has 0 aliphatic carbocycles. The van der Waals surface area contributed by atoms with Crippen molar-refractivity contribution in [3.63, 3.8) is 0 Å². The second-order valence-corrected chi connectivity index (χ2v) is 8.91. The number of quaternary nitrogens is 1. The van der Waals surface area contributed by atoms with Gasteiger partial charge in [-0.1, -0.05) is 35.0 Å². The number of aromatic nitrogens is 3. The summed E-state index contributed by atoms with van der Waals surface area (Å²) in [5.74, 6) is 0.598. The first kappa shape index (κ1) is 23.1. The average molecular weight is 476 g/mol. The number of carbonyl (C=O) groups is 1. The molecule has 0 saturated carbocycles. The number of nitrogens with one attached hydrogen (secondary N) is 2. The molecule has 1 heterocycles. The summed E-state index contributed by atoms with van der Waals surface area (Å²) in [5, 5.41) is 22.3. The summed E-state index contributed by atoms with van der Waals surface area (Å²) in [7, 11) is 4.09. The van der Waals surface area contributed by atoms with Crippen molar-refractivity contribution in [1.29, 1.82) is 5.26 Å². The SMILES string of the molecule is C[C@@H](c1nnc(SCC(=O)Nc2cc(Cl)ccc2C#N)n1-c1ccc(Cl)cc1)[NH+](C)C. The fourth-order valence-corrected chi connectivity index (χ4v) is 3.84. The van der Waals surface area contributed by atoms with E-state index in [1.165, 1.54) is 16.7 Å². The predicted octanol–water partition coefficient (Wildman–Crippen LogP) is 3.38. The zero-order chi connectivity index (χ0) is 22.5. The van der Waals surface area contributed by atoms with E-state index in [4.69, 9.17) is 23.2 Å². The Labute approximate surface area is 195 Å². The van der Waals surface area contributed by atoms with E-state index in [9.17, 15) is 10.1 Å². The van der Waals surface area contributed by atoms with Crippen molar-refractivity contribution in [2.24, 2.45) is 0 Å². The summed E-state index contributed by atoms with van der Waals surface area (Å²) >= 11 is 13.3. The Balaban J connectivity index is 1.83. The van der Waals surface area contributed by atoms with Crippen LogP contribution in [0.2, 0.25) is 10.0 Å². The summed E-state index contributed by atoms with van der Waals surface area (Å²) in [6, 6.07) is 14.2. The predicted molar refractivity (Wildman–Crippen MR) is 123 cm³/mol. The van der Waals surface area contributed by atoms with Gasteiger partial charge in [0.05, 0.1) is 31.1 Å². The molecule has 2 N–H and O–H groups in total. The van der Waals surface area contributed by atoms with Gasteiger partial charge in [0.25, 0.3) is 0 Å². The molecule has 2 aromatic carbocycles. The monoisotopic (exact) mass is 475 g/mol. The van der Waals surface area contributed by atoms with Crippen LogP contribution in [0.15, 0.2) is 47.6 Å². The maximum Gasteiger partial charge on any atom is 0.234 e. The molecule has 31 heavy (non-hydrogen) atoms. The normalized spacial score (nSPS) is 11.9. The molecule has 7 nitrogen and oxygen atoms in total. The molecule has 160 valence electrons. The van der Waals surface area contributed by atoms with E-state index in [0.29, 0.717) is 26.5 Å². The number of thioether (sulfide) groups is 1. The van der Waals surface area contributed by atoms with Gasteiger partial charge in [-0.15, -0.1) is 10.2 Å². The number of nitrogens with zero attached hydrogens (tertiary/aromatic N) is 4. The average Bonchev–Trinajstić information content (AvgIpc) is 3.16. The number of hydrogen-bond donors (Lipinski definition) is 2. The zero-order valence-corrected chi connectivity index (χ0v) is 19.5. The molecule has 1 aromatic heterocycles. The molecule has 1 atom stereocenters. The van der Waals surface area contributed by atoms with Gasteiger partial charge >= 0.3 is 0 Å². The summed E-state index contributed by atoms with van der Waals surface area (Å²) in [4.78, 5) is 13.7. The first-order valence-corrected chi connectivity index (χ1v) is 11.2. The number of carbonyl (C=O) groups excluding carboxylic acids is 1. The van der Waals surface area contributed by atoms with Gasteiger partial charge in [-0.2, -0.15) is 5.26 Å². The number of hydrogen-bond acceptors (Lipinski definition) is 5. The lowest BCUT2D eigenvalue weighted by molar-refractivity contribution is -0.890. The van der Waals surface area contributed by atoms with Gasteiger partial charge in [0.2, 0.25) is 5.91 Å². The minimum Gasteiger partial charge on any atom is -0.331 e. The van der Waals surface area contributed by atoms with E-state index < -0.39 is 0 Å². The molecule has 0 bridgehead atoms. The molecule has 0 radical (unpaired) electrons. The number of benzene rings is 2. The molecule has 1 amide bonds. The van der Waals surface area contributed by atoms with E-state index in [1.54, 1.807) is 30.3 Å². The molecule has 0 fully saturated rings. The molecule has 0 aliphatic rings. The van der Waals surface area contributed by atoms with Crippen LogP contribution in [0.3, 0.4) is 0 Å². The molecule has 0 unspecified atom stereocenters. The fraction of sp³-hybridized carbons (Fsp3) is 0.238. The number of amides is 1. The Morgan fingerprint density at radius 1 is 1.19 bits per heavy atom. The zero-order valence-electron chi connectivity index (χ0n) is 17.2. The van der Waals surface area contributed by atoms with Crippen molar-refractivity contribution in [2.45, 2.75) is 18.1 Å². The van der Waals surface area contributed by atoms with Crippen LogP contribution in [-0.2, 0) is 4.79 Å². The van der Waals surface area contributed by atoms with E-state index in [2.05, 4.69) is 22.4 Å². The summed E-state index contributed by atoms with van der Waals surface area (Å²) < 4.78 is 1.94. The highest BCUT2D eigenvalue weighted by Gasteiger charge is 2.24. The first-order chi connectivity index (χ1) is 14.8. The van der Waals surface area contributed by atoms with Crippen LogP contribution in [0.4, 0.5) is 5.69 Å². The van der Waals surface area contributed by atoms with E-state index in [0.717, 1.165) is 11.5 Å². The lowest BCUT2D eigenvalue weighted by atomic mass is 10.2. The Hall–Kier alpha value is -2.57. The van der Waals surface area contributed by atoms with E-state index in [1.807, 2.05) is 36.9 Å². The van der Waals surface area contributed by atoms with Crippen LogP contribution < -0.4 is 10.2 Å². The van der Waals surface area contributed by atoms with E-state index in [-0.39, 0.29) is 17.7 Å². The smallest absolute Gasteiger partial charge is 0.234 e. The Morgan fingerprint density at radius 2 is 1.87 bits per heavy atom. The molecule has 3 aromatic rings. The van der Waals surface area contributed by atoms with Crippen molar-refractivity contribution in [1.82, 2.24) is 14.8 Å². The molecule has 10 heteroatoms.